The van der Waals surface area contributed by atoms with E-state index in [0.29, 0.717) is 11.8 Å². The van der Waals surface area contributed by atoms with Gasteiger partial charge in [-0.3, -0.25) is 9.69 Å². The van der Waals surface area contributed by atoms with Crippen LogP contribution in [0.5, 0.6) is 11.5 Å². The summed E-state index contributed by atoms with van der Waals surface area (Å²) in [5.41, 5.74) is 2.62. The maximum absolute atomic E-state index is 11.9. The van der Waals surface area contributed by atoms with Crippen LogP contribution >= 0.6 is 0 Å². The smallest absolute Gasteiger partial charge is 0.217 e. The largest absolute Gasteiger partial charge is 0.504 e. The molecule has 2 aliphatic heterocycles. The summed E-state index contributed by atoms with van der Waals surface area (Å²) in [7, 11) is 0. The Morgan fingerprint density at radius 2 is 2.14 bits per heavy atom. The quantitative estimate of drug-likeness (QED) is 0.844. The Morgan fingerprint density at radius 1 is 1.32 bits per heavy atom. The molecule has 1 spiro atoms. The molecule has 1 amide bonds. The summed E-state index contributed by atoms with van der Waals surface area (Å²) < 4.78 is 6.53. The van der Waals surface area contributed by atoms with Crippen molar-refractivity contribution in [3.8, 4) is 11.5 Å². The fourth-order valence-corrected chi connectivity index (χ4v) is 7.34. The van der Waals surface area contributed by atoms with Crippen LogP contribution < -0.4 is 10.1 Å². The molecule has 5 aliphatic rings. The van der Waals surface area contributed by atoms with Crippen molar-refractivity contribution in [2.45, 2.75) is 76.0 Å². The van der Waals surface area contributed by atoms with Gasteiger partial charge in [0.15, 0.2) is 11.5 Å². The zero-order valence-electron chi connectivity index (χ0n) is 16.8. The zero-order chi connectivity index (χ0) is 19.3. The maximum atomic E-state index is 11.9. The van der Waals surface area contributed by atoms with Crippen LogP contribution in [0.1, 0.15) is 57.1 Å². The van der Waals surface area contributed by atoms with Crippen molar-refractivity contribution >= 4 is 5.91 Å². The molecule has 150 valence electrons. The summed E-state index contributed by atoms with van der Waals surface area (Å²) in [5, 5.41) is 13.8. The number of rotatable bonds is 3. The summed E-state index contributed by atoms with van der Waals surface area (Å²) in [6.45, 7) is 6.40. The maximum Gasteiger partial charge on any atom is 0.217 e. The lowest BCUT2D eigenvalue weighted by molar-refractivity contribution is -0.134. The van der Waals surface area contributed by atoms with Gasteiger partial charge >= 0.3 is 0 Å². The van der Waals surface area contributed by atoms with Crippen molar-refractivity contribution in [2.24, 2.45) is 11.3 Å². The molecule has 2 bridgehead atoms. The van der Waals surface area contributed by atoms with Gasteiger partial charge in [-0.1, -0.05) is 13.0 Å². The molecular formula is C23H30N2O3. The molecule has 1 unspecified atom stereocenters. The first-order chi connectivity index (χ1) is 13.4. The van der Waals surface area contributed by atoms with Gasteiger partial charge in [0.25, 0.3) is 0 Å². The van der Waals surface area contributed by atoms with E-state index < -0.39 is 0 Å². The van der Waals surface area contributed by atoms with Crippen molar-refractivity contribution in [1.29, 1.82) is 0 Å². The molecule has 0 aromatic heterocycles. The number of benzene rings is 1. The van der Waals surface area contributed by atoms with Crippen LogP contribution in [0.15, 0.2) is 12.1 Å². The van der Waals surface area contributed by atoms with Crippen LogP contribution in [0.2, 0.25) is 0 Å². The molecule has 28 heavy (non-hydrogen) atoms. The van der Waals surface area contributed by atoms with Crippen molar-refractivity contribution < 1.29 is 14.6 Å². The summed E-state index contributed by atoms with van der Waals surface area (Å²) in [6, 6.07) is 4.46. The molecule has 0 radical (unpaired) electrons. The Bertz CT molecular complexity index is 866. The SMILES string of the molecule is CC(=O)N[C@@H]1CC[C@@]2(C)C3Cc4ccc(O)c5c4[C@@]2(CCN3CC2CC2)[C@H]1O5. The number of hydrogen-bond acceptors (Lipinski definition) is 4. The van der Waals surface area contributed by atoms with Crippen LogP contribution in [0.4, 0.5) is 0 Å². The van der Waals surface area contributed by atoms with E-state index >= 15 is 0 Å². The zero-order valence-corrected chi connectivity index (χ0v) is 16.8. The van der Waals surface area contributed by atoms with Crippen LogP contribution in [-0.2, 0) is 16.6 Å². The molecule has 2 N–H and O–H groups in total. The Balaban J connectivity index is 1.52. The van der Waals surface area contributed by atoms with Gasteiger partial charge in [0.2, 0.25) is 5.91 Å². The second-order valence-corrected chi connectivity index (χ2v) is 10.1. The monoisotopic (exact) mass is 382 g/mol. The topological polar surface area (TPSA) is 61.8 Å². The number of carbonyl (C=O) groups is 1. The summed E-state index contributed by atoms with van der Waals surface area (Å²) >= 11 is 0. The number of hydrogen-bond donors (Lipinski definition) is 2. The van der Waals surface area contributed by atoms with Gasteiger partial charge < -0.3 is 15.2 Å². The van der Waals surface area contributed by atoms with Crippen LogP contribution in [0.25, 0.3) is 0 Å². The predicted octanol–water partition coefficient (Wildman–Crippen LogP) is 2.74. The van der Waals surface area contributed by atoms with Gasteiger partial charge in [-0.2, -0.15) is 0 Å². The second-order valence-electron chi connectivity index (χ2n) is 10.1. The first-order valence-electron chi connectivity index (χ1n) is 11.0. The number of carbonyl (C=O) groups excluding carboxylic acids is 1. The van der Waals surface area contributed by atoms with Gasteiger partial charge in [0.05, 0.1) is 6.04 Å². The minimum atomic E-state index is -0.106. The van der Waals surface area contributed by atoms with E-state index in [1.54, 1.807) is 13.0 Å². The highest BCUT2D eigenvalue weighted by Crippen LogP contribution is 2.69. The minimum absolute atomic E-state index is 0.00698. The third kappa shape index (κ3) is 1.99. The number of nitrogens with one attached hydrogen (secondary N) is 1. The van der Waals surface area contributed by atoms with Crippen molar-refractivity contribution in [1.82, 2.24) is 10.2 Å². The lowest BCUT2D eigenvalue weighted by Crippen LogP contribution is -2.73. The number of piperidine rings is 1. The average molecular weight is 383 g/mol. The van der Waals surface area contributed by atoms with E-state index in [1.165, 1.54) is 30.5 Å². The predicted molar refractivity (Wildman–Crippen MR) is 106 cm³/mol. The van der Waals surface area contributed by atoms with Gasteiger partial charge in [0, 0.05) is 30.5 Å². The molecule has 3 fully saturated rings. The Morgan fingerprint density at radius 3 is 2.89 bits per heavy atom. The van der Waals surface area contributed by atoms with E-state index in [1.807, 2.05) is 0 Å². The molecule has 1 aromatic carbocycles. The molecule has 2 heterocycles. The van der Waals surface area contributed by atoms with E-state index in [2.05, 4.69) is 23.2 Å². The van der Waals surface area contributed by atoms with Crippen molar-refractivity contribution in [3.05, 3.63) is 23.3 Å². The highest BCUT2D eigenvalue weighted by molar-refractivity contribution is 5.73. The molecule has 6 rings (SSSR count). The van der Waals surface area contributed by atoms with Crippen LogP contribution in [-0.4, -0.2) is 47.2 Å². The number of aromatic hydroxyl groups is 1. The van der Waals surface area contributed by atoms with E-state index in [-0.39, 0.29) is 34.6 Å². The standard InChI is InChI=1S/C23H30N2O3/c1-13(26)24-16-7-8-22(2)18-11-15-5-6-17(27)20-19(15)23(22,21(16)28-20)9-10-25(18)12-14-3-4-14/h5-6,14,16,18,21,27H,3-4,7-12H2,1-2H3,(H,24,26)/t16-,18?,21+,22+,23+/m1/s1. The minimum Gasteiger partial charge on any atom is -0.504 e. The van der Waals surface area contributed by atoms with Gasteiger partial charge in [-0.25, -0.2) is 0 Å². The molecule has 2 saturated carbocycles. The fraction of sp³-hybridized carbons (Fsp3) is 0.696. The second kappa shape index (κ2) is 5.44. The first kappa shape index (κ1) is 17.1. The molecular weight excluding hydrogens is 352 g/mol. The molecule has 3 aliphatic carbocycles. The van der Waals surface area contributed by atoms with Gasteiger partial charge in [-0.15, -0.1) is 0 Å². The summed E-state index contributed by atoms with van der Waals surface area (Å²) in [6.07, 6.45) is 6.83. The van der Waals surface area contributed by atoms with Gasteiger partial charge in [-0.05, 0) is 68.0 Å². The number of amides is 1. The average Bonchev–Trinajstić information content (AvgIpc) is 3.38. The lowest BCUT2D eigenvalue weighted by Gasteiger charge is -2.65. The molecule has 5 atom stereocenters. The summed E-state index contributed by atoms with van der Waals surface area (Å²) in [5.74, 6) is 1.85. The number of phenolic OH excluding ortho intramolecular Hbond substituents is 1. The van der Waals surface area contributed by atoms with E-state index in [4.69, 9.17) is 4.74 Å². The molecule has 5 heteroatoms. The molecule has 1 saturated heterocycles. The van der Waals surface area contributed by atoms with Crippen LogP contribution in [0, 0.1) is 11.3 Å². The van der Waals surface area contributed by atoms with Crippen molar-refractivity contribution in [3.63, 3.8) is 0 Å². The van der Waals surface area contributed by atoms with Crippen LogP contribution in [0.3, 0.4) is 0 Å². The number of phenols is 1. The number of likely N-dealkylation sites (tertiary alicyclic amines) is 1. The third-order valence-electron chi connectivity index (χ3n) is 8.72. The lowest BCUT2D eigenvalue weighted by atomic mass is 9.43. The number of nitrogens with zero attached hydrogens (tertiary/aromatic N) is 1. The highest BCUT2D eigenvalue weighted by Gasteiger charge is 2.71. The van der Waals surface area contributed by atoms with Crippen molar-refractivity contribution in [2.75, 3.05) is 13.1 Å². The van der Waals surface area contributed by atoms with E-state index in [9.17, 15) is 9.90 Å². The molecule has 5 nitrogen and oxygen atoms in total. The Kier molecular flexibility index (Phi) is 3.33. The third-order valence-corrected chi connectivity index (χ3v) is 8.72. The van der Waals surface area contributed by atoms with Gasteiger partial charge in [0.1, 0.15) is 6.10 Å². The number of ether oxygens (including phenoxy) is 1. The fourth-order valence-electron chi connectivity index (χ4n) is 7.34. The summed E-state index contributed by atoms with van der Waals surface area (Å²) in [4.78, 5) is 14.7. The highest BCUT2D eigenvalue weighted by atomic mass is 16.5. The molecule has 1 aromatic rings. The van der Waals surface area contributed by atoms with E-state index in [0.717, 1.165) is 38.1 Å². The Labute approximate surface area is 166 Å². The normalized spacial score (nSPS) is 40.6. The first-order valence-corrected chi connectivity index (χ1v) is 11.0. The Hall–Kier alpha value is -1.75.